The van der Waals surface area contributed by atoms with Gasteiger partial charge in [-0.1, -0.05) is 42.5 Å². The van der Waals surface area contributed by atoms with Crippen molar-refractivity contribution >= 4 is 17.5 Å². The van der Waals surface area contributed by atoms with E-state index in [-0.39, 0.29) is 5.82 Å². The minimum atomic E-state index is -0.317. The second-order valence-electron chi connectivity index (χ2n) is 5.16. The highest BCUT2D eigenvalue weighted by Crippen LogP contribution is 2.19. The summed E-state index contributed by atoms with van der Waals surface area (Å²) in [7, 11) is 0. The quantitative estimate of drug-likeness (QED) is 0.738. The number of anilines is 3. The Morgan fingerprint density at radius 1 is 0.957 bits per heavy atom. The molecule has 0 radical (unpaired) electrons. The normalized spacial score (nSPS) is 10.3. The molecule has 0 saturated heterocycles. The van der Waals surface area contributed by atoms with Crippen LogP contribution in [0.1, 0.15) is 11.3 Å². The monoisotopic (exact) mass is 308 g/mol. The number of nitrogens with zero attached hydrogens (tertiary/aromatic N) is 2. The standard InChI is InChI=1S/C18H17FN4/c1-13-11-17(22-16-10-6-5-9-15(16)19)23-18(21-13)20-12-14-7-3-2-4-8-14/h2-11H,12H2,1H3,(H2,20,21,22,23). The minimum Gasteiger partial charge on any atom is -0.350 e. The van der Waals surface area contributed by atoms with Gasteiger partial charge in [-0.25, -0.2) is 9.37 Å². The van der Waals surface area contributed by atoms with Gasteiger partial charge in [-0.15, -0.1) is 0 Å². The molecule has 0 spiro atoms. The predicted octanol–water partition coefficient (Wildman–Crippen LogP) is 4.28. The maximum atomic E-state index is 13.7. The SMILES string of the molecule is Cc1cc(Nc2ccccc2F)nc(NCc2ccccc2)n1. The van der Waals surface area contributed by atoms with E-state index >= 15 is 0 Å². The number of rotatable bonds is 5. The molecule has 2 aromatic carbocycles. The Bertz CT molecular complexity index is 790. The van der Waals surface area contributed by atoms with Crippen LogP contribution in [0.2, 0.25) is 0 Å². The molecule has 1 aromatic heterocycles. The summed E-state index contributed by atoms with van der Waals surface area (Å²) in [5, 5.41) is 6.17. The van der Waals surface area contributed by atoms with E-state index in [0.717, 1.165) is 11.3 Å². The van der Waals surface area contributed by atoms with Gasteiger partial charge in [0.1, 0.15) is 11.6 Å². The van der Waals surface area contributed by atoms with Gasteiger partial charge in [-0.05, 0) is 24.6 Å². The second kappa shape index (κ2) is 6.87. The molecule has 0 amide bonds. The summed E-state index contributed by atoms with van der Waals surface area (Å²) in [5.41, 5.74) is 2.33. The molecular formula is C18H17FN4. The smallest absolute Gasteiger partial charge is 0.225 e. The summed E-state index contributed by atoms with van der Waals surface area (Å²) in [6.07, 6.45) is 0. The molecule has 3 aromatic rings. The van der Waals surface area contributed by atoms with Crippen LogP contribution in [0.5, 0.6) is 0 Å². The van der Waals surface area contributed by atoms with Crippen LogP contribution in [0.15, 0.2) is 60.7 Å². The summed E-state index contributed by atoms with van der Waals surface area (Å²) in [6.45, 7) is 2.51. The molecule has 2 N–H and O–H groups in total. The molecule has 0 bridgehead atoms. The first kappa shape index (κ1) is 15.0. The Hall–Kier alpha value is -2.95. The Balaban J connectivity index is 1.75. The Kier molecular flexibility index (Phi) is 4.47. The first-order chi connectivity index (χ1) is 11.2. The molecule has 0 saturated carbocycles. The van der Waals surface area contributed by atoms with E-state index in [9.17, 15) is 4.39 Å². The molecule has 0 aliphatic rings. The Labute approximate surface area is 134 Å². The number of nitrogens with one attached hydrogen (secondary N) is 2. The fraction of sp³-hybridized carbons (Fsp3) is 0.111. The average molecular weight is 308 g/mol. The Morgan fingerprint density at radius 2 is 1.70 bits per heavy atom. The summed E-state index contributed by atoms with van der Waals surface area (Å²) >= 11 is 0. The lowest BCUT2D eigenvalue weighted by molar-refractivity contribution is 0.632. The minimum absolute atomic E-state index is 0.317. The van der Waals surface area contributed by atoms with Gasteiger partial charge in [-0.2, -0.15) is 4.98 Å². The number of para-hydroxylation sites is 1. The van der Waals surface area contributed by atoms with Gasteiger partial charge >= 0.3 is 0 Å². The molecule has 116 valence electrons. The first-order valence-corrected chi connectivity index (χ1v) is 7.36. The highest BCUT2D eigenvalue weighted by Gasteiger charge is 2.05. The second-order valence-corrected chi connectivity index (χ2v) is 5.16. The van der Waals surface area contributed by atoms with Crippen molar-refractivity contribution in [3.8, 4) is 0 Å². The third-order valence-corrected chi connectivity index (χ3v) is 3.28. The van der Waals surface area contributed by atoms with Gasteiger partial charge in [0, 0.05) is 18.3 Å². The summed E-state index contributed by atoms with van der Waals surface area (Å²) in [5.74, 6) is 0.744. The van der Waals surface area contributed by atoms with Crippen molar-refractivity contribution < 1.29 is 4.39 Å². The molecule has 1 heterocycles. The van der Waals surface area contributed by atoms with Gasteiger partial charge in [0.25, 0.3) is 0 Å². The molecule has 4 nitrogen and oxygen atoms in total. The Morgan fingerprint density at radius 3 is 2.48 bits per heavy atom. The molecule has 0 unspecified atom stereocenters. The van der Waals surface area contributed by atoms with E-state index < -0.39 is 0 Å². The zero-order chi connectivity index (χ0) is 16.1. The number of halogens is 1. The molecule has 3 rings (SSSR count). The molecule has 5 heteroatoms. The molecular weight excluding hydrogens is 291 g/mol. The zero-order valence-corrected chi connectivity index (χ0v) is 12.8. The number of aryl methyl sites for hydroxylation is 1. The van der Waals surface area contributed by atoms with Crippen molar-refractivity contribution in [2.45, 2.75) is 13.5 Å². The maximum absolute atomic E-state index is 13.7. The molecule has 0 aliphatic carbocycles. The van der Waals surface area contributed by atoms with Gasteiger partial charge in [0.05, 0.1) is 5.69 Å². The zero-order valence-electron chi connectivity index (χ0n) is 12.8. The lowest BCUT2D eigenvalue weighted by Crippen LogP contribution is -2.06. The molecule has 23 heavy (non-hydrogen) atoms. The van der Waals surface area contributed by atoms with Crippen LogP contribution in [0.4, 0.5) is 21.8 Å². The largest absolute Gasteiger partial charge is 0.350 e. The fourth-order valence-corrected chi connectivity index (χ4v) is 2.19. The topological polar surface area (TPSA) is 49.8 Å². The van der Waals surface area contributed by atoms with Crippen molar-refractivity contribution in [1.29, 1.82) is 0 Å². The van der Waals surface area contributed by atoms with Gasteiger partial charge < -0.3 is 10.6 Å². The highest BCUT2D eigenvalue weighted by atomic mass is 19.1. The third kappa shape index (κ3) is 4.03. The lowest BCUT2D eigenvalue weighted by Gasteiger charge is -2.10. The van der Waals surface area contributed by atoms with Crippen molar-refractivity contribution in [1.82, 2.24) is 9.97 Å². The van der Waals surface area contributed by atoms with Gasteiger partial charge in [0.2, 0.25) is 5.95 Å². The van der Waals surface area contributed by atoms with E-state index in [4.69, 9.17) is 0 Å². The van der Waals surface area contributed by atoms with Crippen molar-refractivity contribution in [3.63, 3.8) is 0 Å². The average Bonchev–Trinajstić information content (AvgIpc) is 2.56. The number of aromatic nitrogens is 2. The summed E-state index contributed by atoms with van der Waals surface area (Å²) in [4.78, 5) is 8.74. The van der Waals surface area contributed by atoms with E-state index in [2.05, 4.69) is 20.6 Å². The first-order valence-electron chi connectivity index (χ1n) is 7.36. The molecule has 0 atom stereocenters. The van der Waals surface area contributed by atoms with Crippen LogP contribution in [0.3, 0.4) is 0 Å². The van der Waals surface area contributed by atoms with E-state index in [1.54, 1.807) is 24.3 Å². The predicted molar refractivity (Wildman–Crippen MR) is 90.2 cm³/mol. The van der Waals surface area contributed by atoms with Gasteiger partial charge in [-0.3, -0.25) is 0 Å². The molecule has 0 aliphatic heterocycles. The number of benzene rings is 2. The van der Waals surface area contributed by atoms with Crippen LogP contribution in [0, 0.1) is 12.7 Å². The number of hydrogen-bond acceptors (Lipinski definition) is 4. The van der Waals surface area contributed by atoms with Crippen LogP contribution < -0.4 is 10.6 Å². The lowest BCUT2D eigenvalue weighted by atomic mass is 10.2. The van der Waals surface area contributed by atoms with Gasteiger partial charge in [0.15, 0.2) is 0 Å². The summed E-state index contributed by atoms with van der Waals surface area (Å²) < 4.78 is 13.7. The number of hydrogen-bond donors (Lipinski definition) is 2. The summed E-state index contributed by atoms with van der Waals surface area (Å²) in [6, 6.07) is 18.3. The van der Waals surface area contributed by atoms with Crippen molar-refractivity contribution in [3.05, 3.63) is 77.7 Å². The third-order valence-electron chi connectivity index (χ3n) is 3.28. The van der Waals surface area contributed by atoms with E-state index in [1.165, 1.54) is 6.07 Å². The van der Waals surface area contributed by atoms with E-state index in [1.807, 2.05) is 37.3 Å². The van der Waals surface area contributed by atoms with Crippen molar-refractivity contribution in [2.75, 3.05) is 10.6 Å². The van der Waals surface area contributed by atoms with Crippen LogP contribution in [-0.2, 0) is 6.54 Å². The van der Waals surface area contributed by atoms with Crippen LogP contribution in [0.25, 0.3) is 0 Å². The maximum Gasteiger partial charge on any atom is 0.225 e. The highest BCUT2D eigenvalue weighted by molar-refractivity contribution is 5.58. The molecule has 0 fully saturated rings. The van der Waals surface area contributed by atoms with Crippen LogP contribution >= 0.6 is 0 Å². The van der Waals surface area contributed by atoms with Crippen LogP contribution in [-0.4, -0.2) is 9.97 Å². The fourth-order valence-electron chi connectivity index (χ4n) is 2.19. The van der Waals surface area contributed by atoms with E-state index in [0.29, 0.717) is 24.0 Å². The van der Waals surface area contributed by atoms with Crippen molar-refractivity contribution in [2.24, 2.45) is 0 Å².